The molecule has 1 aliphatic heterocycles. The van der Waals surface area contributed by atoms with E-state index >= 15 is 0 Å². The van der Waals surface area contributed by atoms with Gasteiger partial charge >= 0.3 is 0 Å². The van der Waals surface area contributed by atoms with Crippen molar-refractivity contribution in [2.75, 3.05) is 31.6 Å². The minimum Gasteiger partial charge on any atom is -0.312 e. The second kappa shape index (κ2) is 5.98. The molecule has 96 valence electrons. The third kappa shape index (κ3) is 5.82. The fourth-order valence-corrected chi connectivity index (χ4v) is 2.68. The molecule has 16 heavy (non-hydrogen) atoms. The first-order chi connectivity index (χ1) is 7.37. The maximum absolute atomic E-state index is 11.0. The maximum atomic E-state index is 11.0. The molecule has 1 heterocycles. The monoisotopic (exact) mass is 248 g/mol. The van der Waals surface area contributed by atoms with Gasteiger partial charge in [0, 0.05) is 24.9 Å². The van der Waals surface area contributed by atoms with Crippen molar-refractivity contribution in [1.29, 1.82) is 0 Å². The van der Waals surface area contributed by atoms with E-state index in [4.69, 9.17) is 0 Å². The quantitative estimate of drug-likeness (QED) is 0.769. The van der Waals surface area contributed by atoms with Crippen LogP contribution in [0.3, 0.4) is 0 Å². The van der Waals surface area contributed by atoms with Crippen molar-refractivity contribution in [3.05, 3.63) is 0 Å². The molecule has 0 aromatic carbocycles. The Morgan fingerprint density at radius 2 is 1.88 bits per heavy atom. The summed E-state index contributed by atoms with van der Waals surface area (Å²) < 4.78 is 22.1. The maximum Gasteiger partial charge on any atom is 0.148 e. The lowest BCUT2D eigenvalue weighted by molar-refractivity contribution is 0.202. The molecule has 1 rings (SSSR count). The van der Waals surface area contributed by atoms with Crippen LogP contribution in [0, 0.1) is 0 Å². The average molecular weight is 248 g/mol. The molecular weight excluding hydrogens is 224 g/mol. The molecule has 0 aliphatic carbocycles. The fourth-order valence-electron chi connectivity index (χ4n) is 2.09. The van der Waals surface area contributed by atoms with E-state index in [1.807, 2.05) is 0 Å². The fraction of sp³-hybridized carbons (Fsp3) is 1.00. The van der Waals surface area contributed by atoms with Gasteiger partial charge in [-0.3, -0.25) is 0 Å². The van der Waals surface area contributed by atoms with Gasteiger partial charge in [-0.2, -0.15) is 0 Å². The van der Waals surface area contributed by atoms with E-state index in [9.17, 15) is 8.42 Å². The number of nitrogens with zero attached hydrogens (tertiary/aromatic N) is 1. The summed E-state index contributed by atoms with van der Waals surface area (Å²) >= 11 is 0. The molecule has 0 atom stereocenters. The van der Waals surface area contributed by atoms with Crippen molar-refractivity contribution < 1.29 is 8.42 Å². The summed E-state index contributed by atoms with van der Waals surface area (Å²) in [6.07, 6.45) is 3.56. The summed E-state index contributed by atoms with van der Waals surface area (Å²) in [5.74, 6) is 0.287. The van der Waals surface area contributed by atoms with Gasteiger partial charge in [0.1, 0.15) is 9.84 Å². The Morgan fingerprint density at radius 1 is 1.31 bits per heavy atom. The highest BCUT2D eigenvalue weighted by atomic mass is 32.2. The molecule has 0 unspecified atom stereocenters. The molecule has 4 nitrogen and oxygen atoms in total. The van der Waals surface area contributed by atoms with Crippen LogP contribution in [0.4, 0.5) is 0 Å². The van der Waals surface area contributed by atoms with Gasteiger partial charge in [0.2, 0.25) is 0 Å². The van der Waals surface area contributed by atoms with Gasteiger partial charge in [0.25, 0.3) is 0 Å². The zero-order valence-corrected chi connectivity index (χ0v) is 11.4. The lowest BCUT2D eigenvalue weighted by Crippen LogP contribution is -2.45. The van der Waals surface area contributed by atoms with Crippen LogP contribution in [0.2, 0.25) is 0 Å². The number of nitrogens with one attached hydrogen (secondary N) is 1. The third-order valence-corrected chi connectivity index (χ3v) is 3.86. The topological polar surface area (TPSA) is 49.4 Å². The normalized spacial score (nSPS) is 20.5. The second-order valence-corrected chi connectivity index (χ2v) is 7.33. The zero-order chi connectivity index (χ0) is 12.2. The number of hydrogen-bond donors (Lipinski definition) is 1. The van der Waals surface area contributed by atoms with Gasteiger partial charge in [0.05, 0.1) is 5.75 Å². The van der Waals surface area contributed by atoms with Crippen LogP contribution < -0.4 is 5.32 Å². The lowest BCUT2D eigenvalue weighted by atomic mass is 10.0. The second-order valence-electron chi connectivity index (χ2n) is 5.07. The molecule has 0 spiro atoms. The SMILES string of the molecule is CC(C)NC1CCN(CCS(C)(=O)=O)CC1. The summed E-state index contributed by atoms with van der Waals surface area (Å²) in [7, 11) is -2.81. The van der Waals surface area contributed by atoms with E-state index < -0.39 is 9.84 Å². The highest BCUT2D eigenvalue weighted by Gasteiger charge is 2.19. The molecule has 5 heteroatoms. The minimum atomic E-state index is -2.81. The highest BCUT2D eigenvalue weighted by Crippen LogP contribution is 2.10. The number of piperidine rings is 1. The summed E-state index contributed by atoms with van der Waals surface area (Å²) in [6.45, 7) is 7.04. The molecule has 0 aromatic rings. The largest absolute Gasteiger partial charge is 0.312 e. The summed E-state index contributed by atoms with van der Waals surface area (Å²) in [5.41, 5.74) is 0. The van der Waals surface area contributed by atoms with Crippen molar-refractivity contribution in [2.24, 2.45) is 0 Å². The molecule has 0 aromatic heterocycles. The first-order valence-electron chi connectivity index (χ1n) is 6.03. The van der Waals surface area contributed by atoms with E-state index in [0.29, 0.717) is 18.6 Å². The van der Waals surface area contributed by atoms with Gasteiger partial charge in [-0.15, -0.1) is 0 Å². The van der Waals surface area contributed by atoms with Gasteiger partial charge < -0.3 is 10.2 Å². The van der Waals surface area contributed by atoms with E-state index in [-0.39, 0.29) is 5.75 Å². The number of likely N-dealkylation sites (tertiary alicyclic amines) is 1. The van der Waals surface area contributed by atoms with E-state index in [1.54, 1.807) is 0 Å². The standard InChI is InChI=1S/C11H24N2O2S/c1-10(2)12-11-4-6-13(7-5-11)8-9-16(3,14)15/h10-12H,4-9H2,1-3H3. The molecule has 1 saturated heterocycles. The van der Waals surface area contributed by atoms with Crippen molar-refractivity contribution >= 4 is 9.84 Å². The smallest absolute Gasteiger partial charge is 0.148 e. The molecule has 0 bridgehead atoms. The summed E-state index contributed by atoms with van der Waals surface area (Å²) in [6, 6.07) is 1.14. The van der Waals surface area contributed by atoms with Crippen LogP contribution in [0.25, 0.3) is 0 Å². The van der Waals surface area contributed by atoms with Crippen LogP contribution in [-0.2, 0) is 9.84 Å². The number of sulfone groups is 1. The van der Waals surface area contributed by atoms with Gasteiger partial charge in [0.15, 0.2) is 0 Å². The van der Waals surface area contributed by atoms with Crippen LogP contribution >= 0.6 is 0 Å². The predicted molar refractivity (Wildman–Crippen MR) is 67.4 cm³/mol. The first kappa shape index (κ1) is 13.9. The van der Waals surface area contributed by atoms with Gasteiger partial charge in [-0.05, 0) is 25.9 Å². The van der Waals surface area contributed by atoms with Crippen molar-refractivity contribution in [3.8, 4) is 0 Å². The van der Waals surface area contributed by atoms with Crippen LogP contribution in [0.1, 0.15) is 26.7 Å². The Kier molecular flexibility index (Phi) is 5.21. The van der Waals surface area contributed by atoms with E-state index in [1.165, 1.54) is 6.26 Å². The Labute approximate surface area is 99.3 Å². The van der Waals surface area contributed by atoms with Crippen molar-refractivity contribution in [3.63, 3.8) is 0 Å². The molecule has 1 aliphatic rings. The van der Waals surface area contributed by atoms with E-state index in [0.717, 1.165) is 25.9 Å². The van der Waals surface area contributed by atoms with Crippen LogP contribution in [0.15, 0.2) is 0 Å². The Hall–Kier alpha value is -0.130. The molecule has 1 N–H and O–H groups in total. The first-order valence-corrected chi connectivity index (χ1v) is 8.09. The zero-order valence-electron chi connectivity index (χ0n) is 10.6. The van der Waals surface area contributed by atoms with Crippen molar-refractivity contribution in [2.45, 2.75) is 38.8 Å². The molecule has 0 saturated carbocycles. The molecule has 0 amide bonds. The minimum absolute atomic E-state index is 0.287. The van der Waals surface area contributed by atoms with E-state index in [2.05, 4.69) is 24.1 Å². The molecular formula is C11H24N2O2S. The number of rotatable bonds is 5. The Balaban J connectivity index is 2.22. The summed E-state index contributed by atoms with van der Waals surface area (Å²) in [4.78, 5) is 2.25. The van der Waals surface area contributed by atoms with Crippen molar-refractivity contribution in [1.82, 2.24) is 10.2 Å². The van der Waals surface area contributed by atoms with Gasteiger partial charge in [-0.25, -0.2) is 8.42 Å². The molecule has 1 fully saturated rings. The lowest BCUT2D eigenvalue weighted by Gasteiger charge is -2.33. The Bertz CT molecular complexity index is 293. The Morgan fingerprint density at radius 3 is 2.31 bits per heavy atom. The van der Waals surface area contributed by atoms with Gasteiger partial charge in [-0.1, -0.05) is 13.8 Å². The summed E-state index contributed by atoms with van der Waals surface area (Å²) in [5, 5.41) is 3.53. The molecule has 0 radical (unpaired) electrons. The average Bonchev–Trinajstić information content (AvgIpc) is 2.14. The number of hydrogen-bond acceptors (Lipinski definition) is 4. The van der Waals surface area contributed by atoms with Crippen LogP contribution in [-0.4, -0.2) is 57.0 Å². The van der Waals surface area contributed by atoms with Crippen LogP contribution in [0.5, 0.6) is 0 Å². The highest BCUT2D eigenvalue weighted by molar-refractivity contribution is 7.90. The predicted octanol–water partition coefficient (Wildman–Crippen LogP) is 0.493. The third-order valence-electron chi connectivity index (χ3n) is 2.93.